The first-order valence-corrected chi connectivity index (χ1v) is 6.78. The molecule has 6 heteroatoms. The third-order valence-electron chi connectivity index (χ3n) is 3.30. The second-order valence-corrected chi connectivity index (χ2v) is 4.90. The minimum absolute atomic E-state index is 0.0491. The van der Waals surface area contributed by atoms with Gasteiger partial charge in [-0.15, -0.1) is 0 Å². The van der Waals surface area contributed by atoms with Crippen molar-refractivity contribution in [3.05, 3.63) is 69.8 Å². The van der Waals surface area contributed by atoms with E-state index in [-0.39, 0.29) is 17.6 Å². The zero-order valence-electron chi connectivity index (χ0n) is 11.6. The van der Waals surface area contributed by atoms with Crippen molar-refractivity contribution in [1.82, 2.24) is 0 Å². The molecule has 3 rings (SSSR count). The van der Waals surface area contributed by atoms with Crippen molar-refractivity contribution in [2.24, 2.45) is 0 Å². The number of nitro groups is 1. The summed E-state index contributed by atoms with van der Waals surface area (Å²) in [5, 5.41) is 10.6. The van der Waals surface area contributed by atoms with Gasteiger partial charge in [0.05, 0.1) is 17.1 Å². The van der Waals surface area contributed by atoms with Crippen LogP contribution in [0, 0.1) is 10.1 Å². The van der Waals surface area contributed by atoms with Crippen LogP contribution in [0.25, 0.3) is 0 Å². The monoisotopic (exact) mass is 299 g/mol. The van der Waals surface area contributed by atoms with Crippen LogP contribution in [0.3, 0.4) is 0 Å². The molecule has 1 fully saturated rings. The van der Waals surface area contributed by atoms with Crippen LogP contribution in [0.2, 0.25) is 0 Å². The lowest BCUT2D eigenvalue weighted by molar-refractivity contribution is -0.384. The summed E-state index contributed by atoms with van der Waals surface area (Å²) in [6, 6.07) is 12.5. The number of carbonyl (C=O) groups excluding carboxylic acids is 1. The quantitative estimate of drug-likeness (QED) is 0.354. The molecule has 2 aromatic carbocycles. The second-order valence-electron chi connectivity index (χ2n) is 4.90. The molecule has 6 nitrogen and oxygen atoms in total. The van der Waals surface area contributed by atoms with Crippen molar-refractivity contribution >= 4 is 11.5 Å². The van der Waals surface area contributed by atoms with Crippen molar-refractivity contribution < 1.29 is 19.2 Å². The number of para-hydroxylation sites is 1. The maximum Gasteiger partial charge on any atom is 0.269 e. The highest BCUT2D eigenvalue weighted by atomic mass is 16.6. The van der Waals surface area contributed by atoms with Crippen molar-refractivity contribution in [3.8, 4) is 5.75 Å². The zero-order chi connectivity index (χ0) is 15.5. The molecular formula is C16H13NO5. The van der Waals surface area contributed by atoms with Gasteiger partial charge in [-0.2, -0.15) is 0 Å². The molecule has 1 saturated heterocycles. The number of epoxide rings is 1. The number of ketones is 1. The maximum atomic E-state index is 12.5. The zero-order valence-corrected chi connectivity index (χ0v) is 11.6. The lowest BCUT2D eigenvalue weighted by Crippen LogP contribution is -2.09. The lowest BCUT2D eigenvalue weighted by Gasteiger charge is -2.09. The van der Waals surface area contributed by atoms with E-state index in [1.165, 1.54) is 24.3 Å². The van der Waals surface area contributed by atoms with E-state index in [1.807, 2.05) is 0 Å². The molecule has 2 aromatic rings. The van der Waals surface area contributed by atoms with Gasteiger partial charge in [-0.05, 0) is 24.3 Å². The first-order valence-electron chi connectivity index (χ1n) is 6.78. The smallest absolute Gasteiger partial charge is 0.269 e. The van der Waals surface area contributed by atoms with E-state index in [0.717, 1.165) is 0 Å². The molecule has 1 aliphatic heterocycles. The summed E-state index contributed by atoms with van der Waals surface area (Å²) < 4.78 is 10.7. The van der Waals surface area contributed by atoms with E-state index in [9.17, 15) is 14.9 Å². The van der Waals surface area contributed by atoms with Crippen LogP contribution in [0.15, 0.2) is 48.5 Å². The van der Waals surface area contributed by atoms with Gasteiger partial charge in [0.15, 0.2) is 5.78 Å². The molecular weight excluding hydrogens is 286 g/mol. The summed E-state index contributed by atoms with van der Waals surface area (Å²) >= 11 is 0. The van der Waals surface area contributed by atoms with Crippen LogP contribution in [0.5, 0.6) is 5.75 Å². The molecule has 0 amide bonds. The molecule has 1 unspecified atom stereocenters. The maximum absolute atomic E-state index is 12.5. The van der Waals surface area contributed by atoms with Crippen LogP contribution < -0.4 is 4.74 Å². The Morgan fingerprint density at radius 3 is 2.55 bits per heavy atom. The Bertz CT molecular complexity index is 707. The van der Waals surface area contributed by atoms with E-state index >= 15 is 0 Å². The first-order chi connectivity index (χ1) is 10.6. The average molecular weight is 299 g/mol. The van der Waals surface area contributed by atoms with Gasteiger partial charge in [-0.25, -0.2) is 0 Å². The number of nitrogens with zero attached hydrogens (tertiary/aromatic N) is 1. The van der Waals surface area contributed by atoms with Crippen molar-refractivity contribution in [2.75, 3.05) is 13.2 Å². The van der Waals surface area contributed by atoms with E-state index in [1.54, 1.807) is 24.3 Å². The van der Waals surface area contributed by atoms with Crippen LogP contribution in [0.1, 0.15) is 15.9 Å². The fraction of sp³-hybridized carbons (Fsp3) is 0.188. The molecule has 0 radical (unpaired) electrons. The summed E-state index contributed by atoms with van der Waals surface area (Å²) in [7, 11) is 0. The van der Waals surface area contributed by atoms with Crippen molar-refractivity contribution in [3.63, 3.8) is 0 Å². The van der Waals surface area contributed by atoms with Crippen LogP contribution >= 0.6 is 0 Å². The van der Waals surface area contributed by atoms with Gasteiger partial charge < -0.3 is 9.47 Å². The van der Waals surface area contributed by atoms with Gasteiger partial charge >= 0.3 is 0 Å². The Morgan fingerprint density at radius 2 is 1.91 bits per heavy atom. The van der Waals surface area contributed by atoms with Gasteiger partial charge in [0.25, 0.3) is 5.69 Å². The van der Waals surface area contributed by atoms with Crippen molar-refractivity contribution in [2.45, 2.75) is 6.10 Å². The van der Waals surface area contributed by atoms with Gasteiger partial charge in [0.1, 0.15) is 18.5 Å². The molecule has 0 aromatic heterocycles. The van der Waals surface area contributed by atoms with E-state index in [2.05, 4.69) is 0 Å². The highest BCUT2D eigenvalue weighted by Crippen LogP contribution is 2.24. The Kier molecular flexibility index (Phi) is 3.84. The molecule has 0 aliphatic carbocycles. The summed E-state index contributed by atoms with van der Waals surface area (Å²) in [6.07, 6.45) is 0.0996. The molecule has 0 bridgehead atoms. The third kappa shape index (κ3) is 3.12. The molecule has 1 atom stereocenters. The number of non-ortho nitro benzene ring substituents is 1. The van der Waals surface area contributed by atoms with Gasteiger partial charge in [0.2, 0.25) is 0 Å². The number of ether oxygens (including phenoxy) is 2. The summed E-state index contributed by atoms with van der Waals surface area (Å²) in [5.74, 6) is 0.253. The molecule has 0 saturated carbocycles. The van der Waals surface area contributed by atoms with E-state index < -0.39 is 4.92 Å². The fourth-order valence-electron chi connectivity index (χ4n) is 2.02. The van der Waals surface area contributed by atoms with Crippen LogP contribution in [-0.2, 0) is 4.74 Å². The molecule has 22 heavy (non-hydrogen) atoms. The average Bonchev–Trinajstić information content (AvgIpc) is 3.37. The molecule has 112 valence electrons. The standard InChI is InChI=1S/C16H13NO5/c18-16(11-5-7-12(8-6-11)17(19)20)14-3-1-2-4-15(14)22-10-13-9-21-13/h1-8,13H,9-10H2. The number of carbonyl (C=O) groups is 1. The third-order valence-corrected chi connectivity index (χ3v) is 3.30. The predicted molar refractivity (Wildman–Crippen MR) is 78.2 cm³/mol. The van der Waals surface area contributed by atoms with E-state index in [0.29, 0.717) is 30.1 Å². The second kappa shape index (κ2) is 5.95. The minimum atomic E-state index is -0.499. The van der Waals surface area contributed by atoms with Gasteiger partial charge in [-0.3, -0.25) is 14.9 Å². The number of hydrogen-bond donors (Lipinski definition) is 0. The highest BCUT2D eigenvalue weighted by molar-refractivity contribution is 6.10. The first kappa shape index (κ1) is 14.2. The summed E-state index contributed by atoms with van der Waals surface area (Å²) in [5.41, 5.74) is 0.758. The molecule has 1 heterocycles. The van der Waals surface area contributed by atoms with Crippen LogP contribution in [0.4, 0.5) is 5.69 Å². The Morgan fingerprint density at radius 1 is 1.23 bits per heavy atom. The van der Waals surface area contributed by atoms with E-state index in [4.69, 9.17) is 9.47 Å². The predicted octanol–water partition coefficient (Wildman–Crippen LogP) is 2.60. The van der Waals surface area contributed by atoms with Gasteiger partial charge in [0, 0.05) is 17.7 Å². The Labute approximate surface area is 126 Å². The normalized spacial score (nSPS) is 16.1. The number of nitro benzene ring substituents is 1. The Hall–Kier alpha value is -2.73. The minimum Gasteiger partial charge on any atom is -0.490 e. The molecule has 0 N–H and O–H groups in total. The van der Waals surface area contributed by atoms with Crippen LogP contribution in [-0.4, -0.2) is 30.0 Å². The Balaban J connectivity index is 1.82. The fourth-order valence-corrected chi connectivity index (χ4v) is 2.02. The summed E-state index contributed by atoms with van der Waals surface area (Å²) in [4.78, 5) is 22.7. The van der Waals surface area contributed by atoms with Gasteiger partial charge in [-0.1, -0.05) is 12.1 Å². The molecule has 1 aliphatic rings. The number of rotatable bonds is 6. The topological polar surface area (TPSA) is 82.0 Å². The van der Waals surface area contributed by atoms with Crippen molar-refractivity contribution in [1.29, 1.82) is 0 Å². The lowest BCUT2D eigenvalue weighted by atomic mass is 10.0. The molecule has 0 spiro atoms. The summed E-state index contributed by atoms with van der Waals surface area (Å²) in [6.45, 7) is 1.09. The number of hydrogen-bond acceptors (Lipinski definition) is 5. The number of benzene rings is 2. The highest BCUT2D eigenvalue weighted by Gasteiger charge is 2.24. The SMILES string of the molecule is O=C(c1ccc([N+](=O)[O-])cc1)c1ccccc1OCC1CO1. The largest absolute Gasteiger partial charge is 0.490 e.